The number of hydrogen-bond acceptors (Lipinski definition) is 4. The molecule has 0 aliphatic carbocycles. The van der Waals surface area contributed by atoms with Gasteiger partial charge in [-0.15, -0.1) is 0 Å². The number of carbonyl (C=O) groups excluding carboxylic acids is 1. The fourth-order valence-corrected chi connectivity index (χ4v) is 1.23. The summed E-state index contributed by atoms with van der Waals surface area (Å²) < 4.78 is 5.00. The number of amides is 1. The SMILES string of the molecule is C/C=C/C(=O)Nc1cc([N+](=O)[O-])ccc1OC. The van der Waals surface area contributed by atoms with E-state index < -0.39 is 4.92 Å². The lowest BCUT2D eigenvalue weighted by Gasteiger charge is -2.08. The maximum Gasteiger partial charge on any atom is 0.271 e. The van der Waals surface area contributed by atoms with Crippen molar-refractivity contribution in [2.45, 2.75) is 6.92 Å². The zero-order valence-electron chi connectivity index (χ0n) is 9.47. The van der Waals surface area contributed by atoms with Gasteiger partial charge in [-0.25, -0.2) is 0 Å². The van der Waals surface area contributed by atoms with E-state index in [1.807, 2.05) is 0 Å². The van der Waals surface area contributed by atoms with E-state index in [0.717, 1.165) is 0 Å². The van der Waals surface area contributed by atoms with Gasteiger partial charge in [0.1, 0.15) is 5.75 Å². The van der Waals surface area contributed by atoms with Gasteiger partial charge in [0.2, 0.25) is 5.91 Å². The molecule has 0 spiro atoms. The topological polar surface area (TPSA) is 81.5 Å². The summed E-state index contributed by atoms with van der Waals surface area (Å²) in [4.78, 5) is 21.4. The Bertz CT molecular complexity index is 469. The molecule has 0 atom stereocenters. The molecule has 1 rings (SSSR count). The number of nitro groups is 1. The number of hydrogen-bond donors (Lipinski definition) is 1. The second-order valence-electron chi connectivity index (χ2n) is 3.13. The van der Waals surface area contributed by atoms with Gasteiger partial charge in [-0.05, 0) is 19.1 Å². The molecule has 1 aromatic carbocycles. The van der Waals surface area contributed by atoms with Crippen molar-refractivity contribution < 1.29 is 14.5 Å². The zero-order chi connectivity index (χ0) is 12.8. The first-order chi connectivity index (χ1) is 8.08. The lowest BCUT2D eigenvalue weighted by molar-refractivity contribution is -0.384. The summed E-state index contributed by atoms with van der Waals surface area (Å²) in [6, 6.07) is 3.99. The van der Waals surface area contributed by atoms with Crippen molar-refractivity contribution in [3.05, 3.63) is 40.5 Å². The average Bonchev–Trinajstić information content (AvgIpc) is 2.29. The highest BCUT2D eigenvalue weighted by Crippen LogP contribution is 2.28. The monoisotopic (exact) mass is 236 g/mol. The summed E-state index contributed by atoms with van der Waals surface area (Å²) in [7, 11) is 1.42. The Morgan fingerprint density at radius 1 is 1.53 bits per heavy atom. The van der Waals surface area contributed by atoms with E-state index in [1.165, 1.54) is 31.4 Å². The van der Waals surface area contributed by atoms with Gasteiger partial charge in [0.25, 0.3) is 5.69 Å². The number of nitrogens with one attached hydrogen (secondary N) is 1. The first-order valence-corrected chi connectivity index (χ1v) is 4.84. The van der Waals surface area contributed by atoms with Crippen molar-refractivity contribution in [1.82, 2.24) is 0 Å². The summed E-state index contributed by atoms with van der Waals surface area (Å²) in [5, 5.41) is 13.1. The number of non-ortho nitro benzene ring substituents is 1. The van der Waals surface area contributed by atoms with Crippen LogP contribution in [0, 0.1) is 10.1 Å². The number of allylic oxidation sites excluding steroid dienone is 1. The Hall–Kier alpha value is -2.37. The van der Waals surface area contributed by atoms with E-state index in [0.29, 0.717) is 5.75 Å². The third-order valence-electron chi connectivity index (χ3n) is 1.97. The molecule has 0 saturated heterocycles. The van der Waals surface area contributed by atoms with Crippen LogP contribution in [0.15, 0.2) is 30.4 Å². The molecule has 6 heteroatoms. The minimum absolute atomic E-state index is 0.110. The van der Waals surface area contributed by atoms with Crippen LogP contribution in [0.3, 0.4) is 0 Å². The average molecular weight is 236 g/mol. The first-order valence-electron chi connectivity index (χ1n) is 4.84. The molecule has 0 unspecified atom stereocenters. The van der Waals surface area contributed by atoms with Crippen LogP contribution in [-0.4, -0.2) is 17.9 Å². The predicted molar refractivity (Wildman–Crippen MR) is 63.1 cm³/mol. The number of anilines is 1. The van der Waals surface area contributed by atoms with Crippen molar-refractivity contribution in [2.75, 3.05) is 12.4 Å². The van der Waals surface area contributed by atoms with Crippen molar-refractivity contribution in [3.8, 4) is 5.75 Å². The molecule has 0 heterocycles. The van der Waals surface area contributed by atoms with Gasteiger partial charge < -0.3 is 10.1 Å². The molecule has 1 N–H and O–H groups in total. The van der Waals surface area contributed by atoms with Crippen LogP contribution in [0.25, 0.3) is 0 Å². The van der Waals surface area contributed by atoms with E-state index in [2.05, 4.69) is 5.32 Å². The minimum atomic E-state index is -0.537. The number of rotatable bonds is 4. The van der Waals surface area contributed by atoms with Crippen LogP contribution < -0.4 is 10.1 Å². The first kappa shape index (κ1) is 12.7. The van der Waals surface area contributed by atoms with Gasteiger partial charge in [-0.1, -0.05) is 6.08 Å². The van der Waals surface area contributed by atoms with Gasteiger partial charge in [-0.2, -0.15) is 0 Å². The van der Waals surface area contributed by atoms with Crippen LogP contribution in [0.4, 0.5) is 11.4 Å². The van der Waals surface area contributed by atoms with E-state index >= 15 is 0 Å². The molecule has 0 bridgehead atoms. The standard InChI is InChI=1S/C11H12N2O4/c1-3-4-11(14)12-9-7-8(13(15)16)5-6-10(9)17-2/h3-7H,1-2H3,(H,12,14)/b4-3+. The number of benzene rings is 1. The van der Waals surface area contributed by atoms with Crippen LogP contribution in [0.1, 0.15) is 6.92 Å². The molecule has 0 aliphatic rings. The molecule has 1 amide bonds. The summed E-state index contributed by atoms with van der Waals surface area (Å²) in [5.41, 5.74) is 0.159. The molecule has 0 aliphatic heterocycles. The van der Waals surface area contributed by atoms with Gasteiger partial charge >= 0.3 is 0 Å². The second-order valence-corrected chi connectivity index (χ2v) is 3.13. The smallest absolute Gasteiger partial charge is 0.271 e. The summed E-state index contributed by atoms with van der Waals surface area (Å²) in [5.74, 6) is -0.000231. The van der Waals surface area contributed by atoms with Crippen LogP contribution in [0.2, 0.25) is 0 Å². The van der Waals surface area contributed by atoms with Gasteiger partial charge in [0.15, 0.2) is 0 Å². The van der Waals surface area contributed by atoms with Gasteiger partial charge in [0, 0.05) is 12.1 Å². The third-order valence-corrected chi connectivity index (χ3v) is 1.97. The molecule has 0 saturated carbocycles. The maximum atomic E-state index is 11.3. The van der Waals surface area contributed by atoms with Crippen molar-refractivity contribution in [2.24, 2.45) is 0 Å². The Morgan fingerprint density at radius 2 is 2.24 bits per heavy atom. The Kier molecular flexibility index (Phi) is 4.21. The number of ether oxygens (including phenoxy) is 1. The predicted octanol–water partition coefficient (Wildman–Crippen LogP) is 2.12. The fourth-order valence-electron chi connectivity index (χ4n) is 1.23. The number of nitro benzene ring substituents is 1. The third kappa shape index (κ3) is 3.30. The molecule has 1 aromatic rings. The van der Waals surface area contributed by atoms with E-state index in [-0.39, 0.29) is 17.3 Å². The molecular weight excluding hydrogens is 224 g/mol. The summed E-state index contributed by atoms with van der Waals surface area (Å²) >= 11 is 0. The number of methoxy groups -OCH3 is 1. The Labute approximate surface area is 98.0 Å². The van der Waals surface area contributed by atoms with Crippen molar-refractivity contribution >= 4 is 17.3 Å². The van der Waals surface area contributed by atoms with E-state index in [4.69, 9.17) is 4.74 Å². The largest absolute Gasteiger partial charge is 0.495 e. The van der Waals surface area contributed by atoms with Crippen LogP contribution in [0.5, 0.6) is 5.75 Å². The second kappa shape index (κ2) is 5.64. The van der Waals surface area contributed by atoms with E-state index in [9.17, 15) is 14.9 Å². The summed E-state index contributed by atoms with van der Waals surface area (Å²) in [6.07, 6.45) is 2.89. The highest BCUT2D eigenvalue weighted by molar-refractivity contribution is 6.00. The molecule has 0 aromatic heterocycles. The number of carbonyl (C=O) groups is 1. The Morgan fingerprint density at radius 3 is 2.76 bits per heavy atom. The normalized spacial score (nSPS) is 10.2. The fraction of sp³-hybridized carbons (Fsp3) is 0.182. The molecule has 0 radical (unpaired) electrons. The van der Waals surface area contributed by atoms with Gasteiger partial charge in [-0.3, -0.25) is 14.9 Å². The highest BCUT2D eigenvalue weighted by Gasteiger charge is 2.12. The maximum absolute atomic E-state index is 11.3. The van der Waals surface area contributed by atoms with E-state index in [1.54, 1.807) is 13.0 Å². The van der Waals surface area contributed by atoms with Crippen LogP contribution >= 0.6 is 0 Å². The lowest BCUT2D eigenvalue weighted by atomic mass is 10.2. The minimum Gasteiger partial charge on any atom is -0.495 e. The molecule has 0 fully saturated rings. The number of nitrogens with zero attached hydrogens (tertiary/aromatic N) is 1. The molecule has 6 nitrogen and oxygen atoms in total. The lowest BCUT2D eigenvalue weighted by Crippen LogP contribution is -2.09. The highest BCUT2D eigenvalue weighted by atomic mass is 16.6. The molecule has 90 valence electrons. The summed E-state index contributed by atoms with van der Waals surface area (Å²) in [6.45, 7) is 1.70. The molecular formula is C11H12N2O4. The van der Waals surface area contributed by atoms with Crippen molar-refractivity contribution in [3.63, 3.8) is 0 Å². The Balaban J connectivity index is 3.05. The zero-order valence-corrected chi connectivity index (χ0v) is 9.47. The quantitative estimate of drug-likeness (QED) is 0.493. The molecule has 17 heavy (non-hydrogen) atoms. The van der Waals surface area contributed by atoms with Gasteiger partial charge in [0.05, 0.1) is 17.7 Å². The van der Waals surface area contributed by atoms with Crippen LogP contribution in [-0.2, 0) is 4.79 Å². The van der Waals surface area contributed by atoms with Crippen molar-refractivity contribution in [1.29, 1.82) is 0 Å².